The maximum atomic E-state index is 11.9. The van der Waals surface area contributed by atoms with Crippen molar-refractivity contribution in [3.05, 3.63) is 27.7 Å². The minimum absolute atomic E-state index is 0.131. The third kappa shape index (κ3) is 2.40. The van der Waals surface area contributed by atoms with Crippen molar-refractivity contribution < 1.29 is 14.4 Å². The van der Waals surface area contributed by atoms with E-state index in [0.717, 1.165) is 10.0 Å². The first-order chi connectivity index (χ1) is 8.95. The van der Waals surface area contributed by atoms with Gasteiger partial charge in [-0.2, -0.15) is 0 Å². The van der Waals surface area contributed by atoms with E-state index >= 15 is 0 Å². The number of hydrogen-bond donors (Lipinski definition) is 1. The zero-order chi connectivity index (χ0) is 14.2. The van der Waals surface area contributed by atoms with E-state index in [0.29, 0.717) is 17.8 Å². The number of Topliss-reactive ketones (excluding diaryl/α,β-unsaturated/α-hetero) is 1. The Labute approximate surface area is 119 Å². The van der Waals surface area contributed by atoms with Gasteiger partial charge in [-0.1, -0.05) is 15.9 Å². The van der Waals surface area contributed by atoms with Crippen LogP contribution in [0.25, 0.3) is 0 Å². The Kier molecular flexibility index (Phi) is 3.71. The van der Waals surface area contributed by atoms with Crippen molar-refractivity contribution in [3.8, 4) is 0 Å². The van der Waals surface area contributed by atoms with Crippen molar-refractivity contribution in [2.24, 2.45) is 0 Å². The molecule has 2 rings (SSSR count). The fourth-order valence-electron chi connectivity index (χ4n) is 2.15. The Hall–Kier alpha value is -1.69. The van der Waals surface area contributed by atoms with Crippen LogP contribution in [0.1, 0.15) is 22.8 Å². The molecular weight excluding hydrogens is 312 g/mol. The van der Waals surface area contributed by atoms with Gasteiger partial charge in [0.1, 0.15) is 6.54 Å². The highest BCUT2D eigenvalue weighted by Crippen LogP contribution is 2.34. The molecule has 0 bridgehead atoms. The molecular formula is C13H13BrN2O3. The van der Waals surface area contributed by atoms with Gasteiger partial charge in [0, 0.05) is 11.0 Å². The van der Waals surface area contributed by atoms with Gasteiger partial charge in [-0.15, -0.1) is 0 Å². The van der Waals surface area contributed by atoms with Crippen molar-refractivity contribution in [3.63, 3.8) is 0 Å². The van der Waals surface area contributed by atoms with Crippen LogP contribution in [0, 0.1) is 6.92 Å². The summed E-state index contributed by atoms with van der Waals surface area (Å²) in [5.41, 5.74) is 1.67. The monoisotopic (exact) mass is 324 g/mol. The number of ketones is 1. The van der Waals surface area contributed by atoms with E-state index in [1.54, 1.807) is 19.9 Å². The van der Waals surface area contributed by atoms with Crippen LogP contribution in [-0.2, 0) is 9.59 Å². The molecule has 0 saturated carbocycles. The average molecular weight is 325 g/mol. The first kappa shape index (κ1) is 13.7. The molecule has 0 saturated heterocycles. The number of aryl methyl sites for hydroxylation is 1. The SMILES string of the molecule is CCNC(=O)CN1C(=O)C(=O)c2cc(Br)cc(C)c21. The predicted octanol–water partition coefficient (Wildman–Crippen LogP) is 1.42. The largest absolute Gasteiger partial charge is 0.355 e. The number of halogens is 1. The molecule has 0 aliphatic carbocycles. The van der Waals surface area contributed by atoms with E-state index in [2.05, 4.69) is 21.2 Å². The molecule has 0 radical (unpaired) electrons. The van der Waals surface area contributed by atoms with Crippen molar-refractivity contribution in [1.82, 2.24) is 5.32 Å². The number of rotatable bonds is 3. The highest BCUT2D eigenvalue weighted by Gasteiger charge is 2.38. The van der Waals surface area contributed by atoms with Crippen LogP contribution in [0.15, 0.2) is 16.6 Å². The van der Waals surface area contributed by atoms with Crippen LogP contribution in [0.2, 0.25) is 0 Å². The Balaban J connectivity index is 2.41. The topological polar surface area (TPSA) is 66.5 Å². The molecule has 1 heterocycles. The second kappa shape index (κ2) is 5.13. The summed E-state index contributed by atoms with van der Waals surface area (Å²) in [4.78, 5) is 36.7. The number of amides is 2. The minimum Gasteiger partial charge on any atom is -0.355 e. The maximum absolute atomic E-state index is 11.9. The van der Waals surface area contributed by atoms with Gasteiger partial charge >= 0.3 is 0 Å². The molecule has 0 aromatic heterocycles. The fourth-order valence-corrected chi connectivity index (χ4v) is 2.73. The van der Waals surface area contributed by atoms with Crippen LogP contribution in [0.3, 0.4) is 0 Å². The van der Waals surface area contributed by atoms with E-state index in [4.69, 9.17) is 0 Å². The van der Waals surface area contributed by atoms with Crippen molar-refractivity contribution in [2.75, 3.05) is 18.0 Å². The lowest BCUT2D eigenvalue weighted by Crippen LogP contribution is -2.40. The Bertz CT molecular complexity index is 583. The lowest BCUT2D eigenvalue weighted by Gasteiger charge is -2.17. The van der Waals surface area contributed by atoms with E-state index < -0.39 is 11.7 Å². The smallest absolute Gasteiger partial charge is 0.299 e. The summed E-state index contributed by atoms with van der Waals surface area (Å²) in [5, 5.41) is 2.62. The highest BCUT2D eigenvalue weighted by molar-refractivity contribution is 9.10. The van der Waals surface area contributed by atoms with Gasteiger partial charge < -0.3 is 5.32 Å². The van der Waals surface area contributed by atoms with Crippen molar-refractivity contribution in [2.45, 2.75) is 13.8 Å². The van der Waals surface area contributed by atoms with Crippen LogP contribution in [-0.4, -0.2) is 30.7 Å². The summed E-state index contributed by atoms with van der Waals surface area (Å²) >= 11 is 3.30. The minimum atomic E-state index is -0.651. The van der Waals surface area contributed by atoms with Crippen LogP contribution < -0.4 is 10.2 Å². The third-order valence-corrected chi connectivity index (χ3v) is 3.35. The number of carbonyl (C=O) groups is 3. The summed E-state index contributed by atoms with van der Waals surface area (Å²) in [7, 11) is 0. The molecule has 19 heavy (non-hydrogen) atoms. The first-order valence-corrected chi connectivity index (χ1v) is 6.68. The lowest BCUT2D eigenvalue weighted by atomic mass is 10.1. The molecule has 0 fully saturated rings. The molecule has 1 aromatic carbocycles. The molecule has 2 amide bonds. The van der Waals surface area contributed by atoms with Crippen LogP contribution >= 0.6 is 15.9 Å². The van der Waals surface area contributed by atoms with Crippen LogP contribution in [0.4, 0.5) is 5.69 Å². The first-order valence-electron chi connectivity index (χ1n) is 5.88. The standard InChI is InChI=1S/C13H13BrN2O3/c1-3-15-10(17)6-16-11-7(2)4-8(14)5-9(11)12(18)13(16)19/h4-5H,3,6H2,1-2H3,(H,15,17). The van der Waals surface area contributed by atoms with Gasteiger partial charge in [-0.05, 0) is 31.5 Å². The Morgan fingerprint density at radius 1 is 1.37 bits per heavy atom. The second-order valence-electron chi connectivity index (χ2n) is 4.29. The van der Waals surface area contributed by atoms with E-state index in [1.165, 1.54) is 4.90 Å². The van der Waals surface area contributed by atoms with E-state index in [9.17, 15) is 14.4 Å². The molecule has 1 aromatic rings. The second-order valence-corrected chi connectivity index (χ2v) is 5.21. The fraction of sp³-hybridized carbons (Fsp3) is 0.308. The van der Waals surface area contributed by atoms with Gasteiger partial charge in [0.2, 0.25) is 5.91 Å². The van der Waals surface area contributed by atoms with Crippen LogP contribution in [0.5, 0.6) is 0 Å². The zero-order valence-electron chi connectivity index (χ0n) is 10.6. The summed E-state index contributed by atoms with van der Waals surface area (Å²) in [6.45, 7) is 3.96. The summed E-state index contributed by atoms with van der Waals surface area (Å²) in [6.07, 6.45) is 0. The van der Waals surface area contributed by atoms with Gasteiger partial charge in [0.05, 0.1) is 11.3 Å². The molecule has 5 nitrogen and oxygen atoms in total. The van der Waals surface area contributed by atoms with Gasteiger partial charge in [-0.3, -0.25) is 19.3 Å². The lowest BCUT2D eigenvalue weighted by molar-refractivity contribution is -0.122. The molecule has 0 unspecified atom stereocenters. The normalized spacial score (nSPS) is 13.7. The molecule has 0 spiro atoms. The molecule has 100 valence electrons. The number of nitrogens with zero attached hydrogens (tertiary/aromatic N) is 1. The van der Waals surface area contributed by atoms with Gasteiger partial charge in [-0.25, -0.2) is 0 Å². The quantitative estimate of drug-likeness (QED) is 0.855. The maximum Gasteiger partial charge on any atom is 0.299 e. The Morgan fingerprint density at radius 3 is 2.68 bits per heavy atom. The molecule has 1 N–H and O–H groups in total. The molecule has 1 aliphatic heterocycles. The highest BCUT2D eigenvalue weighted by atomic mass is 79.9. The van der Waals surface area contributed by atoms with Crippen molar-refractivity contribution in [1.29, 1.82) is 0 Å². The van der Waals surface area contributed by atoms with Gasteiger partial charge in [0.15, 0.2) is 0 Å². The van der Waals surface area contributed by atoms with E-state index in [1.807, 2.05) is 6.07 Å². The molecule has 1 aliphatic rings. The average Bonchev–Trinajstić information content (AvgIpc) is 2.55. The van der Waals surface area contributed by atoms with Crippen molar-refractivity contribution >= 4 is 39.2 Å². The summed E-state index contributed by atoms with van der Waals surface area (Å²) < 4.78 is 0.741. The Morgan fingerprint density at radius 2 is 2.05 bits per heavy atom. The number of benzene rings is 1. The number of carbonyl (C=O) groups excluding carboxylic acids is 3. The van der Waals surface area contributed by atoms with Gasteiger partial charge in [0.25, 0.3) is 11.7 Å². The number of hydrogen-bond acceptors (Lipinski definition) is 3. The number of likely N-dealkylation sites (N-methyl/N-ethyl adjacent to an activating group) is 1. The zero-order valence-corrected chi connectivity index (χ0v) is 12.2. The predicted molar refractivity (Wildman–Crippen MR) is 74.2 cm³/mol. The molecule has 6 heteroatoms. The number of nitrogens with one attached hydrogen (secondary N) is 1. The van der Waals surface area contributed by atoms with E-state index in [-0.39, 0.29) is 12.5 Å². The third-order valence-electron chi connectivity index (χ3n) is 2.89. The number of fused-ring (bicyclic) bond motifs is 1. The summed E-state index contributed by atoms with van der Waals surface area (Å²) in [6, 6.07) is 3.43. The summed E-state index contributed by atoms with van der Waals surface area (Å²) in [5.74, 6) is -1.50. The number of anilines is 1. The molecule has 0 atom stereocenters.